The van der Waals surface area contributed by atoms with Gasteiger partial charge in [-0.05, 0) is 26.3 Å². The number of ether oxygens (including phenoxy) is 1. The van der Waals surface area contributed by atoms with Gasteiger partial charge in [-0.1, -0.05) is 0 Å². The molecule has 0 spiro atoms. The predicted octanol–water partition coefficient (Wildman–Crippen LogP) is 0.676. The average Bonchev–Trinajstić information content (AvgIpc) is 2.60. The summed E-state index contributed by atoms with van der Waals surface area (Å²) in [5, 5.41) is 0. The van der Waals surface area contributed by atoms with E-state index >= 15 is 0 Å². The Morgan fingerprint density at radius 1 is 1.33 bits per heavy atom. The molecule has 7 heteroatoms. The molecule has 1 atom stereocenters. The van der Waals surface area contributed by atoms with E-state index in [1.165, 1.54) is 0 Å². The molecule has 2 fully saturated rings. The SMILES string of the molecule is Cc1nc([C@@H]2CCCN(CCC(N)=O)C2)cc(N2CCOCC2)n1. The van der Waals surface area contributed by atoms with Crippen molar-refractivity contribution in [3.05, 3.63) is 17.6 Å². The zero-order chi connectivity index (χ0) is 16.9. The molecule has 0 aliphatic carbocycles. The maximum absolute atomic E-state index is 11.0. The second-order valence-electron chi connectivity index (χ2n) is 6.65. The molecule has 3 heterocycles. The van der Waals surface area contributed by atoms with Crippen LogP contribution in [0.3, 0.4) is 0 Å². The summed E-state index contributed by atoms with van der Waals surface area (Å²) in [6.07, 6.45) is 2.68. The monoisotopic (exact) mass is 333 g/mol. The number of amides is 1. The molecule has 0 radical (unpaired) electrons. The van der Waals surface area contributed by atoms with Gasteiger partial charge in [-0.2, -0.15) is 0 Å². The van der Waals surface area contributed by atoms with Crippen LogP contribution < -0.4 is 10.6 Å². The molecule has 24 heavy (non-hydrogen) atoms. The molecule has 0 unspecified atom stereocenters. The summed E-state index contributed by atoms with van der Waals surface area (Å²) in [4.78, 5) is 24.9. The lowest BCUT2D eigenvalue weighted by Gasteiger charge is -2.33. The summed E-state index contributed by atoms with van der Waals surface area (Å²) in [7, 11) is 0. The number of hydrogen-bond acceptors (Lipinski definition) is 6. The first-order chi connectivity index (χ1) is 11.6. The van der Waals surface area contributed by atoms with Gasteiger partial charge in [0.05, 0.1) is 18.9 Å². The van der Waals surface area contributed by atoms with E-state index in [2.05, 4.69) is 20.9 Å². The van der Waals surface area contributed by atoms with Crippen molar-refractivity contribution in [1.82, 2.24) is 14.9 Å². The number of piperidine rings is 1. The van der Waals surface area contributed by atoms with E-state index in [1.807, 2.05) is 6.92 Å². The quantitative estimate of drug-likeness (QED) is 0.853. The van der Waals surface area contributed by atoms with E-state index in [0.717, 1.165) is 76.1 Å². The minimum Gasteiger partial charge on any atom is -0.378 e. The van der Waals surface area contributed by atoms with Gasteiger partial charge in [-0.25, -0.2) is 9.97 Å². The molecular formula is C17H27N5O2. The Kier molecular flexibility index (Phi) is 5.63. The summed E-state index contributed by atoms with van der Waals surface area (Å²) < 4.78 is 5.43. The first kappa shape index (κ1) is 17.1. The van der Waals surface area contributed by atoms with Crippen LogP contribution in [0.25, 0.3) is 0 Å². The Morgan fingerprint density at radius 2 is 2.12 bits per heavy atom. The number of nitrogens with zero attached hydrogens (tertiary/aromatic N) is 4. The number of rotatable bonds is 5. The number of hydrogen-bond donors (Lipinski definition) is 1. The molecule has 2 saturated heterocycles. The van der Waals surface area contributed by atoms with Gasteiger partial charge >= 0.3 is 0 Å². The van der Waals surface area contributed by atoms with Crippen molar-refractivity contribution >= 4 is 11.7 Å². The molecule has 2 N–H and O–H groups in total. The summed E-state index contributed by atoms with van der Waals surface area (Å²) in [6.45, 7) is 7.94. The number of carbonyl (C=O) groups is 1. The van der Waals surface area contributed by atoms with Gasteiger partial charge in [0.15, 0.2) is 0 Å². The van der Waals surface area contributed by atoms with Crippen molar-refractivity contribution in [2.24, 2.45) is 5.73 Å². The molecule has 132 valence electrons. The van der Waals surface area contributed by atoms with Gasteiger partial charge in [-0.15, -0.1) is 0 Å². The zero-order valence-electron chi connectivity index (χ0n) is 14.4. The molecule has 1 aromatic rings. The first-order valence-electron chi connectivity index (χ1n) is 8.81. The number of carbonyl (C=O) groups excluding carboxylic acids is 1. The van der Waals surface area contributed by atoms with Crippen molar-refractivity contribution in [2.45, 2.75) is 32.1 Å². The Labute approximate surface area is 143 Å². The van der Waals surface area contributed by atoms with E-state index < -0.39 is 0 Å². The number of aryl methyl sites for hydroxylation is 1. The number of likely N-dealkylation sites (tertiary alicyclic amines) is 1. The van der Waals surface area contributed by atoms with Gasteiger partial charge in [0, 0.05) is 44.6 Å². The molecule has 2 aliphatic heterocycles. The second-order valence-corrected chi connectivity index (χ2v) is 6.65. The van der Waals surface area contributed by atoms with Crippen LogP contribution in [0.4, 0.5) is 5.82 Å². The average molecular weight is 333 g/mol. The summed E-state index contributed by atoms with van der Waals surface area (Å²) in [5.41, 5.74) is 6.39. The van der Waals surface area contributed by atoms with Crippen LogP contribution in [0.5, 0.6) is 0 Å². The number of morpholine rings is 1. The van der Waals surface area contributed by atoms with Crippen LogP contribution in [-0.4, -0.2) is 66.7 Å². The summed E-state index contributed by atoms with van der Waals surface area (Å²) in [6, 6.07) is 2.14. The lowest BCUT2D eigenvalue weighted by molar-refractivity contribution is -0.118. The highest BCUT2D eigenvalue weighted by molar-refractivity contribution is 5.73. The Balaban J connectivity index is 1.70. The van der Waals surface area contributed by atoms with E-state index in [0.29, 0.717) is 12.3 Å². The fraction of sp³-hybridized carbons (Fsp3) is 0.706. The lowest BCUT2D eigenvalue weighted by Crippen LogP contribution is -2.38. The maximum Gasteiger partial charge on any atom is 0.218 e. The summed E-state index contributed by atoms with van der Waals surface area (Å²) >= 11 is 0. The Morgan fingerprint density at radius 3 is 2.88 bits per heavy atom. The van der Waals surface area contributed by atoms with Gasteiger partial charge in [-0.3, -0.25) is 4.79 Å². The van der Waals surface area contributed by atoms with E-state index in [-0.39, 0.29) is 5.91 Å². The Bertz CT molecular complexity index is 574. The van der Waals surface area contributed by atoms with Crippen molar-refractivity contribution in [2.75, 3.05) is 50.8 Å². The van der Waals surface area contributed by atoms with Gasteiger partial charge < -0.3 is 20.3 Å². The minimum atomic E-state index is -0.232. The standard InChI is InChI=1S/C17H27N5O2/c1-13-19-15(11-17(20-13)22-7-9-24-10-8-22)14-3-2-5-21(12-14)6-4-16(18)23/h11,14H,2-10,12H2,1H3,(H2,18,23)/t14-/m1/s1. The Hall–Kier alpha value is -1.73. The summed E-state index contributed by atoms with van der Waals surface area (Å²) in [5.74, 6) is 2.00. The fourth-order valence-corrected chi connectivity index (χ4v) is 3.51. The molecule has 2 aliphatic rings. The van der Waals surface area contributed by atoms with Crippen molar-refractivity contribution in [1.29, 1.82) is 0 Å². The highest BCUT2D eigenvalue weighted by Crippen LogP contribution is 2.28. The smallest absolute Gasteiger partial charge is 0.218 e. The van der Waals surface area contributed by atoms with Gasteiger partial charge in [0.1, 0.15) is 11.6 Å². The van der Waals surface area contributed by atoms with Crippen molar-refractivity contribution < 1.29 is 9.53 Å². The first-order valence-corrected chi connectivity index (χ1v) is 8.81. The lowest BCUT2D eigenvalue weighted by atomic mass is 9.94. The molecule has 1 aromatic heterocycles. The van der Waals surface area contributed by atoms with Crippen LogP contribution in [0.2, 0.25) is 0 Å². The number of nitrogens with two attached hydrogens (primary N) is 1. The molecule has 0 bridgehead atoms. The van der Waals surface area contributed by atoms with Crippen LogP contribution in [0.1, 0.15) is 36.7 Å². The third-order valence-electron chi connectivity index (χ3n) is 4.78. The van der Waals surface area contributed by atoms with Gasteiger partial charge in [0.2, 0.25) is 5.91 Å². The fourth-order valence-electron chi connectivity index (χ4n) is 3.51. The molecular weight excluding hydrogens is 306 g/mol. The van der Waals surface area contributed by atoms with Crippen molar-refractivity contribution in [3.63, 3.8) is 0 Å². The normalized spacial score (nSPS) is 22.5. The highest BCUT2D eigenvalue weighted by atomic mass is 16.5. The van der Waals surface area contributed by atoms with E-state index in [4.69, 9.17) is 15.5 Å². The molecule has 0 aromatic carbocycles. The van der Waals surface area contributed by atoms with E-state index in [1.54, 1.807) is 0 Å². The third kappa shape index (κ3) is 4.42. The number of anilines is 1. The molecule has 7 nitrogen and oxygen atoms in total. The van der Waals surface area contributed by atoms with Crippen LogP contribution >= 0.6 is 0 Å². The van der Waals surface area contributed by atoms with Crippen LogP contribution in [0, 0.1) is 6.92 Å². The molecule has 0 saturated carbocycles. The molecule has 3 rings (SSSR count). The van der Waals surface area contributed by atoms with E-state index in [9.17, 15) is 4.79 Å². The topological polar surface area (TPSA) is 84.6 Å². The maximum atomic E-state index is 11.0. The number of aromatic nitrogens is 2. The minimum absolute atomic E-state index is 0.232. The van der Waals surface area contributed by atoms with Crippen molar-refractivity contribution in [3.8, 4) is 0 Å². The second kappa shape index (κ2) is 7.90. The zero-order valence-corrected chi connectivity index (χ0v) is 14.4. The van der Waals surface area contributed by atoms with Crippen LogP contribution in [-0.2, 0) is 9.53 Å². The number of primary amides is 1. The van der Waals surface area contributed by atoms with Crippen LogP contribution in [0.15, 0.2) is 6.07 Å². The third-order valence-corrected chi connectivity index (χ3v) is 4.78. The predicted molar refractivity (Wildman–Crippen MR) is 92.0 cm³/mol. The van der Waals surface area contributed by atoms with Gasteiger partial charge in [0.25, 0.3) is 0 Å². The largest absolute Gasteiger partial charge is 0.378 e. The highest BCUT2D eigenvalue weighted by Gasteiger charge is 2.24. The molecule has 1 amide bonds.